The first-order valence-electron chi connectivity index (χ1n) is 6.09. The van der Waals surface area contributed by atoms with Gasteiger partial charge in [0, 0.05) is 15.8 Å². The van der Waals surface area contributed by atoms with Crippen molar-refractivity contribution in [2.24, 2.45) is 0 Å². The number of hydrogen-bond acceptors (Lipinski definition) is 4. The zero-order chi connectivity index (χ0) is 13.2. The second-order valence-electron chi connectivity index (χ2n) is 4.39. The summed E-state index contributed by atoms with van der Waals surface area (Å²) in [4.78, 5) is 12.9. The van der Waals surface area contributed by atoms with Crippen LogP contribution in [0.5, 0.6) is 0 Å². The van der Waals surface area contributed by atoms with E-state index in [1.165, 1.54) is 4.90 Å². The first-order valence-corrected chi connectivity index (χ1v) is 6.91. The molecule has 0 amide bonds. The van der Waals surface area contributed by atoms with Crippen LogP contribution in [-0.4, -0.2) is 5.97 Å². The number of carbonyl (C=O) groups is 1. The van der Waals surface area contributed by atoms with E-state index in [1.807, 2.05) is 36.4 Å². The number of hydrogen-bond donors (Lipinski definition) is 1. The van der Waals surface area contributed by atoms with Crippen molar-refractivity contribution in [2.75, 3.05) is 5.32 Å². The van der Waals surface area contributed by atoms with E-state index in [1.54, 1.807) is 11.8 Å². The number of aryl methyl sites for hydroxylation is 1. The van der Waals surface area contributed by atoms with Gasteiger partial charge in [-0.2, -0.15) is 0 Å². The first kappa shape index (κ1) is 15.4. The molecule has 20 heavy (non-hydrogen) atoms. The van der Waals surface area contributed by atoms with Crippen molar-refractivity contribution >= 4 is 29.1 Å². The summed E-state index contributed by atoms with van der Waals surface area (Å²) in [6.07, 6.45) is 0.533. The number of carboxylic acids is 1. The minimum Gasteiger partial charge on any atom is -0.550 e. The Kier molecular flexibility index (Phi) is 5.16. The Hall–Kier alpha value is -0.940. The number of carboxylic acid groups (broad SMARTS) is 1. The van der Waals surface area contributed by atoms with Crippen molar-refractivity contribution in [3.63, 3.8) is 0 Å². The average molecular weight is 293 g/mol. The minimum absolute atomic E-state index is 0. The Bertz CT molecular complexity index is 646. The molecule has 3 rings (SSSR count). The van der Waals surface area contributed by atoms with Crippen molar-refractivity contribution < 1.29 is 39.5 Å². The number of nitrogens with one attached hydrogen (secondary N) is 1. The summed E-state index contributed by atoms with van der Waals surface area (Å²) in [6, 6.07) is 14.1. The fraction of sp³-hybridized carbons (Fsp3) is 0.133. The SMILES string of the molecule is O=C([O-])CCc1cccc2c1Nc1ccccc1S2.[Na+]. The van der Waals surface area contributed by atoms with Gasteiger partial charge >= 0.3 is 29.6 Å². The predicted octanol–water partition coefficient (Wildman–Crippen LogP) is -0.419. The molecule has 0 saturated heterocycles. The maximum absolute atomic E-state index is 10.6. The Morgan fingerprint density at radius 1 is 1.10 bits per heavy atom. The molecule has 0 radical (unpaired) electrons. The fourth-order valence-corrected chi connectivity index (χ4v) is 3.20. The van der Waals surface area contributed by atoms with Crippen molar-refractivity contribution in [3.05, 3.63) is 48.0 Å². The maximum atomic E-state index is 10.6. The van der Waals surface area contributed by atoms with E-state index in [4.69, 9.17) is 0 Å². The van der Waals surface area contributed by atoms with E-state index >= 15 is 0 Å². The van der Waals surface area contributed by atoms with Crippen molar-refractivity contribution in [1.29, 1.82) is 0 Å². The number of benzene rings is 2. The van der Waals surface area contributed by atoms with Gasteiger partial charge < -0.3 is 15.2 Å². The Morgan fingerprint density at radius 2 is 1.85 bits per heavy atom. The van der Waals surface area contributed by atoms with Crippen molar-refractivity contribution in [3.8, 4) is 0 Å². The standard InChI is InChI=1S/C15H13NO2S.Na/c17-14(18)9-8-10-4-3-7-13-15(10)16-11-5-1-2-6-12(11)19-13;/h1-7,16H,8-9H2,(H,17,18);/q;+1/p-1. The van der Waals surface area contributed by atoms with E-state index in [0.717, 1.165) is 21.8 Å². The van der Waals surface area contributed by atoms with Crippen LogP contribution in [0.4, 0.5) is 11.4 Å². The third-order valence-electron chi connectivity index (χ3n) is 3.08. The van der Waals surface area contributed by atoms with Crippen LogP contribution in [0.2, 0.25) is 0 Å². The molecule has 0 atom stereocenters. The molecule has 1 heterocycles. The van der Waals surface area contributed by atoms with Crippen LogP contribution >= 0.6 is 11.8 Å². The van der Waals surface area contributed by atoms with Crippen LogP contribution < -0.4 is 40.0 Å². The molecule has 96 valence electrons. The topological polar surface area (TPSA) is 52.2 Å². The van der Waals surface area contributed by atoms with Gasteiger partial charge in [-0.25, -0.2) is 0 Å². The molecule has 2 aromatic carbocycles. The maximum Gasteiger partial charge on any atom is 1.00 e. The minimum atomic E-state index is -1.01. The zero-order valence-electron chi connectivity index (χ0n) is 11.2. The quantitative estimate of drug-likeness (QED) is 0.667. The molecule has 5 heteroatoms. The molecule has 0 saturated carbocycles. The summed E-state index contributed by atoms with van der Waals surface area (Å²) in [7, 11) is 0. The summed E-state index contributed by atoms with van der Waals surface area (Å²) in [5, 5.41) is 14.0. The van der Waals surface area contributed by atoms with Crippen molar-refractivity contribution in [2.45, 2.75) is 22.6 Å². The molecule has 2 aromatic rings. The number of rotatable bonds is 3. The second kappa shape index (κ2) is 6.68. The van der Waals surface area contributed by atoms with Gasteiger partial charge in [0.25, 0.3) is 0 Å². The smallest absolute Gasteiger partial charge is 0.550 e. The number of anilines is 2. The third-order valence-corrected chi connectivity index (χ3v) is 4.21. The molecule has 0 aliphatic carbocycles. The van der Waals surface area contributed by atoms with Gasteiger partial charge in [0.15, 0.2) is 0 Å². The summed E-state index contributed by atoms with van der Waals surface area (Å²) >= 11 is 1.71. The van der Waals surface area contributed by atoms with Gasteiger partial charge in [0.2, 0.25) is 0 Å². The third kappa shape index (κ3) is 3.20. The van der Waals surface area contributed by atoms with E-state index in [0.29, 0.717) is 6.42 Å². The average Bonchev–Trinajstić information content (AvgIpc) is 2.42. The van der Waals surface area contributed by atoms with Gasteiger partial charge in [0.05, 0.1) is 11.4 Å². The molecule has 0 fully saturated rings. The Morgan fingerprint density at radius 3 is 2.65 bits per heavy atom. The van der Waals surface area contributed by atoms with Crippen LogP contribution in [0, 0.1) is 0 Å². The summed E-state index contributed by atoms with van der Waals surface area (Å²) in [5.41, 5.74) is 3.11. The molecule has 0 unspecified atom stereocenters. The molecule has 1 aliphatic rings. The molecular formula is C15H12NNaO2S. The molecule has 0 bridgehead atoms. The van der Waals surface area contributed by atoms with Gasteiger partial charge in [-0.05, 0) is 36.6 Å². The zero-order valence-corrected chi connectivity index (χ0v) is 14.0. The van der Waals surface area contributed by atoms with Gasteiger partial charge in [-0.3, -0.25) is 0 Å². The summed E-state index contributed by atoms with van der Waals surface area (Å²) in [5.74, 6) is -1.01. The molecule has 3 nitrogen and oxygen atoms in total. The molecule has 0 aromatic heterocycles. The molecule has 1 aliphatic heterocycles. The summed E-state index contributed by atoms with van der Waals surface area (Å²) < 4.78 is 0. The Balaban J connectivity index is 0.00000147. The number of para-hydroxylation sites is 2. The summed E-state index contributed by atoms with van der Waals surface area (Å²) in [6.45, 7) is 0. The number of fused-ring (bicyclic) bond motifs is 2. The van der Waals surface area contributed by atoms with Crippen LogP contribution in [0.1, 0.15) is 12.0 Å². The molecule has 0 spiro atoms. The predicted molar refractivity (Wildman–Crippen MR) is 73.6 cm³/mol. The van der Waals surface area contributed by atoms with Gasteiger partial charge in [-0.1, -0.05) is 36.0 Å². The van der Waals surface area contributed by atoms with Crippen molar-refractivity contribution in [1.82, 2.24) is 0 Å². The van der Waals surface area contributed by atoms with Gasteiger partial charge in [0.1, 0.15) is 0 Å². The van der Waals surface area contributed by atoms with E-state index in [-0.39, 0.29) is 36.0 Å². The Labute approximate surface area is 144 Å². The normalized spacial score (nSPS) is 11.6. The monoisotopic (exact) mass is 293 g/mol. The van der Waals surface area contributed by atoms with E-state index in [9.17, 15) is 9.90 Å². The number of aliphatic carboxylic acids is 1. The van der Waals surface area contributed by atoms with E-state index < -0.39 is 5.97 Å². The van der Waals surface area contributed by atoms with Gasteiger partial charge in [-0.15, -0.1) is 0 Å². The van der Waals surface area contributed by atoms with Crippen LogP contribution in [0.3, 0.4) is 0 Å². The number of carbonyl (C=O) groups excluding carboxylic acids is 1. The first-order chi connectivity index (χ1) is 9.24. The largest absolute Gasteiger partial charge is 1.00 e. The van der Waals surface area contributed by atoms with Crippen LogP contribution in [-0.2, 0) is 11.2 Å². The second-order valence-corrected chi connectivity index (χ2v) is 5.47. The van der Waals surface area contributed by atoms with Crippen LogP contribution in [0.25, 0.3) is 0 Å². The fourth-order valence-electron chi connectivity index (χ4n) is 2.16. The van der Waals surface area contributed by atoms with Crippen LogP contribution in [0.15, 0.2) is 52.3 Å². The van der Waals surface area contributed by atoms with E-state index in [2.05, 4.69) is 11.4 Å². The molecular weight excluding hydrogens is 281 g/mol. The molecule has 1 N–H and O–H groups in total.